The van der Waals surface area contributed by atoms with E-state index in [-0.39, 0.29) is 17.5 Å². The van der Waals surface area contributed by atoms with Gasteiger partial charge < -0.3 is 8.98 Å². The highest BCUT2D eigenvalue weighted by molar-refractivity contribution is 5.51. The summed E-state index contributed by atoms with van der Waals surface area (Å²) in [6.07, 6.45) is 2.28. The third-order valence-corrected chi connectivity index (χ3v) is 3.41. The van der Waals surface area contributed by atoms with Crippen LogP contribution in [0.15, 0.2) is 39.9 Å². The molecule has 3 aromatic rings. The topological polar surface area (TPSA) is 78.7 Å². The van der Waals surface area contributed by atoms with Crippen LogP contribution in [0.25, 0.3) is 11.5 Å². The number of pyridine rings is 1. The number of hydrogen-bond donors (Lipinski definition) is 0. The fourth-order valence-electron chi connectivity index (χ4n) is 2.15. The van der Waals surface area contributed by atoms with Crippen molar-refractivity contribution in [2.75, 3.05) is 0 Å². The summed E-state index contributed by atoms with van der Waals surface area (Å²) in [7, 11) is 0. The number of aromatic nitrogens is 5. The van der Waals surface area contributed by atoms with E-state index in [4.69, 9.17) is 4.42 Å². The second-order valence-electron chi connectivity index (χ2n) is 5.55. The van der Waals surface area contributed by atoms with Gasteiger partial charge in [-0.25, -0.2) is 0 Å². The number of rotatable bonds is 5. The van der Waals surface area contributed by atoms with Crippen molar-refractivity contribution in [3.8, 4) is 11.5 Å². The molecule has 0 aliphatic rings. The molecule has 3 rings (SSSR count). The molecule has 0 bridgehead atoms. The zero-order valence-corrected chi connectivity index (χ0v) is 13.1. The van der Waals surface area contributed by atoms with Crippen molar-refractivity contribution in [2.45, 2.75) is 32.9 Å². The van der Waals surface area contributed by atoms with Gasteiger partial charge in [-0.3, -0.25) is 9.48 Å². The monoisotopic (exact) mass is 335 g/mol. The van der Waals surface area contributed by atoms with Crippen molar-refractivity contribution >= 4 is 0 Å². The van der Waals surface area contributed by atoms with Gasteiger partial charge in [-0.1, -0.05) is 0 Å². The third-order valence-electron chi connectivity index (χ3n) is 3.41. The Balaban J connectivity index is 1.82. The molecule has 0 N–H and O–H groups in total. The second-order valence-corrected chi connectivity index (χ2v) is 5.55. The van der Waals surface area contributed by atoms with Gasteiger partial charge in [-0.2, -0.15) is 13.9 Å². The number of alkyl halides is 2. The molecule has 0 aliphatic carbocycles. The molecule has 0 spiro atoms. The van der Waals surface area contributed by atoms with Crippen LogP contribution >= 0.6 is 0 Å². The zero-order chi connectivity index (χ0) is 17.3. The molecule has 0 unspecified atom stereocenters. The standard InChI is InChI=1S/C15H15F2N5O2/c1-9(2)22-8-10(6-18-22)7-21-4-3-11(5-12(21)23)14-19-20-15(24-14)13(16)17/h3-6,8-9,13H,7H2,1-2H3. The first-order valence-corrected chi connectivity index (χ1v) is 7.29. The molecule has 7 nitrogen and oxygen atoms in total. The highest BCUT2D eigenvalue weighted by Gasteiger charge is 2.17. The molecule has 0 aromatic carbocycles. The van der Waals surface area contributed by atoms with E-state index < -0.39 is 12.3 Å². The predicted octanol–water partition coefficient (Wildman–Crippen LogP) is 2.66. The summed E-state index contributed by atoms with van der Waals surface area (Å²) in [5, 5.41) is 11.0. The van der Waals surface area contributed by atoms with Crippen LogP contribution in [0.1, 0.15) is 37.8 Å². The molecule has 3 aromatic heterocycles. The van der Waals surface area contributed by atoms with Crippen molar-refractivity contribution in [2.24, 2.45) is 0 Å². The van der Waals surface area contributed by atoms with Gasteiger partial charge in [0.1, 0.15) is 0 Å². The zero-order valence-electron chi connectivity index (χ0n) is 13.1. The molecule has 0 saturated carbocycles. The Labute approximate surface area is 135 Å². The first-order valence-electron chi connectivity index (χ1n) is 7.29. The molecular formula is C15H15F2N5O2. The fraction of sp³-hybridized carbons (Fsp3) is 0.333. The lowest BCUT2D eigenvalue weighted by Crippen LogP contribution is -2.19. The molecule has 24 heavy (non-hydrogen) atoms. The van der Waals surface area contributed by atoms with Crippen LogP contribution in [0.2, 0.25) is 0 Å². The molecule has 0 saturated heterocycles. The quantitative estimate of drug-likeness (QED) is 0.716. The summed E-state index contributed by atoms with van der Waals surface area (Å²) in [6.45, 7) is 4.38. The minimum Gasteiger partial charge on any atom is -0.415 e. The molecule has 9 heteroatoms. The van der Waals surface area contributed by atoms with Crippen LogP contribution in [0, 0.1) is 0 Å². The maximum absolute atomic E-state index is 12.5. The van der Waals surface area contributed by atoms with E-state index >= 15 is 0 Å². The van der Waals surface area contributed by atoms with Crippen molar-refractivity contribution in [1.82, 2.24) is 24.5 Å². The molecule has 0 fully saturated rings. The highest BCUT2D eigenvalue weighted by Crippen LogP contribution is 2.22. The van der Waals surface area contributed by atoms with Crippen LogP contribution in [0.5, 0.6) is 0 Å². The Bertz CT molecular complexity index is 897. The first kappa shape index (κ1) is 16.0. The first-order chi connectivity index (χ1) is 11.4. The molecule has 3 heterocycles. The maximum Gasteiger partial charge on any atom is 0.314 e. The Morgan fingerprint density at radius 1 is 1.29 bits per heavy atom. The molecule has 0 amide bonds. The Hall–Kier alpha value is -2.84. The van der Waals surface area contributed by atoms with Crippen LogP contribution in [0.3, 0.4) is 0 Å². The van der Waals surface area contributed by atoms with Gasteiger partial charge in [-0.05, 0) is 19.9 Å². The van der Waals surface area contributed by atoms with Crippen LogP contribution in [-0.2, 0) is 6.54 Å². The van der Waals surface area contributed by atoms with E-state index in [2.05, 4.69) is 15.3 Å². The summed E-state index contributed by atoms with van der Waals surface area (Å²) >= 11 is 0. The molecule has 0 aliphatic heterocycles. The summed E-state index contributed by atoms with van der Waals surface area (Å²) < 4.78 is 33.1. The van der Waals surface area contributed by atoms with Gasteiger partial charge in [0, 0.05) is 35.6 Å². The molecule has 0 atom stereocenters. The van der Waals surface area contributed by atoms with E-state index in [0.717, 1.165) is 5.56 Å². The van der Waals surface area contributed by atoms with Crippen molar-refractivity contribution in [3.63, 3.8) is 0 Å². The van der Waals surface area contributed by atoms with Gasteiger partial charge in [0.2, 0.25) is 5.89 Å². The summed E-state index contributed by atoms with van der Waals surface area (Å²) in [6, 6.07) is 3.08. The second kappa shape index (κ2) is 6.34. The largest absolute Gasteiger partial charge is 0.415 e. The Morgan fingerprint density at radius 2 is 2.08 bits per heavy atom. The van der Waals surface area contributed by atoms with E-state index in [9.17, 15) is 13.6 Å². The number of nitrogens with zero attached hydrogens (tertiary/aromatic N) is 5. The normalized spacial score (nSPS) is 11.6. The fourth-order valence-corrected chi connectivity index (χ4v) is 2.15. The van der Waals surface area contributed by atoms with Gasteiger partial charge in [-0.15, -0.1) is 10.2 Å². The average Bonchev–Trinajstić information content (AvgIpc) is 3.18. The maximum atomic E-state index is 12.5. The lowest BCUT2D eigenvalue weighted by Gasteiger charge is -2.05. The smallest absolute Gasteiger partial charge is 0.314 e. The third kappa shape index (κ3) is 3.24. The SMILES string of the molecule is CC(C)n1cc(Cn2ccc(-c3nnc(C(F)F)o3)cc2=O)cn1. The number of hydrogen-bond acceptors (Lipinski definition) is 5. The molecule has 126 valence electrons. The highest BCUT2D eigenvalue weighted by atomic mass is 19.3. The van der Waals surface area contributed by atoms with Crippen LogP contribution < -0.4 is 5.56 Å². The van der Waals surface area contributed by atoms with Gasteiger partial charge >= 0.3 is 6.43 Å². The van der Waals surface area contributed by atoms with E-state index in [1.807, 2.05) is 20.0 Å². The lowest BCUT2D eigenvalue weighted by atomic mass is 10.2. The van der Waals surface area contributed by atoms with Gasteiger partial charge in [0.15, 0.2) is 0 Å². The lowest BCUT2D eigenvalue weighted by molar-refractivity contribution is 0.116. The van der Waals surface area contributed by atoms with Crippen LogP contribution in [-0.4, -0.2) is 24.5 Å². The van der Waals surface area contributed by atoms with E-state index in [1.54, 1.807) is 23.1 Å². The van der Waals surface area contributed by atoms with Gasteiger partial charge in [0.25, 0.3) is 11.4 Å². The summed E-state index contributed by atoms with van der Waals surface area (Å²) in [5.41, 5.74) is 0.881. The van der Waals surface area contributed by atoms with Crippen molar-refractivity contribution in [1.29, 1.82) is 0 Å². The van der Waals surface area contributed by atoms with Crippen LogP contribution in [0.4, 0.5) is 8.78 Å². The van der Waals surface area contributed by atoms with E-state index in [1.165, 1.54) is 10.6 Å². The van der Waals surface area contributed by atoms with E-state index in [0.29, 0.717) is 12.1 Å². The summed E-state index contributed by atoms with van der Waals surface area (Å²) in [4.78, 5) is 12.2. The Kier molecular flexibility index (Phi) is 4.24. The number of halogens is 2. The minimum absolute atomic E-state index is 0.109. The van der Waals surface area contributed by atoms with Gasteiger partial charge in [0.05, 0.1) is 12.7 Å². The van der Waals surface area contributed by atoms with Crippen molar-refractivity contribution < 1.29 is 13.2 Å². The molecular weight excluding hydrogens is 320 g/mol. The van der Waals surface area contributed by atoms with Crippen molar-refractivity contribution in [3.05, 3.63) is 52.5 Å². The Morgan fingerprint density at radius 3 is 2.67 bits per heavy atom. The summed E-state index contributed by atoms with van der Waals surface area (Å²) in [5.74, 6) is -0.877. The predicted molar refractivity (Wildman–Crippen MR) is 80.7 cm³/mol. The molecule has 0 radical (unpaired) electrons. The minimum atomic E-state index is -2.84. The average molecular weight is 335 g/mol.